The lowest BCUT2D eigenvalue weighted by Crippen LogP contribution is -2.70. The highest BCUT2D eigenvalue weighted by Gasteiger charge is 2.90. The third-order valence-electron chi connectivity index (χ3n) is 8.29. The van der Waals surface area contributed by atoms with Gasteiger partial charge >= 0.3 is 41.8 Å². The van der Waals surface area contributed by atoms with E-state index >= 15 is 0 Å². The van der Waals surface area contributed by atoms with Gasteiger partial charge in [0, 0.05) is 17.7 Å². The summed E-state index contributed by atoms with van der Waals surface area (Å²) in [6.07, 6.45) is -0.795. The van der Waals surface area contributed by atoms with E-state index in [1.54, 1.807) is 30.3 Å². The van der Waals surface area contributed by atoms with Crippen molar-refractivity contribution in [3.8, 4) is 0 Å². The highest BCUT2D eigenvalue weighted by Crippen LogP contribution is 2.60. The fourth-order valence-electron chi connectivity index (χ4n) is 5.29. The molecule has 0 spiro atoms. The summed E-state index contributed by atoms with van der Waals surface area (Å²) < 4.78 is 175. The number of rotatable bonds is 25. The molecular formula is C32H43F13NO3S+. The lowest BCUT2D eigenvalue weighted by Gasteiger charge is -2.39. The number of aliphatic carboxylic acids is 1. The number of hydrogen-bond donors (Lipinski definition) is 1. The molecule has 18 heteroatoms. The van der Waals surface area contributed by atoms with Crippen LogP contribution in [-0.4, -0.2) is 81.9 Å². The molecule has 1 aromatic rings. The number of halogens is 13. The van der Waals surface area contributed by atoms with Crippen molar-refractivity contribution in [2.24, 2.45) is 0 Å². The van der Waals surface area contributed by atoms with Gasteiger partial charge in [0.15, 0.2) is 0 Å². The van der Waals surface area contributed by atoms with Crippen LogP contribution in [0.1, 0.15) is 89.5 Å². The molecule has 0 radical (unpaired) electrons. The van der Waals surface area contributed by atoms with Gasteiger partial charge in [-0.25, -0.2) is 0 Å². The molecule has 0 aromatic heterocycles. The number of benzene rings is 1. The molecule has 1 unspecified atom stereocenters. The zero-order valence-corrected chi connectivity index (χ0v) is 28.3. The van der Waals surface area contributed by atoms with Gasteiger partial charge in [0.05, 0.1) is 19.5 Å². The van der Waals surface area contributed by atoms with Crippen LogP contribution >= 0.6 is 11.8 Å². The van der Waals surface area contributed by atoms with E-state index in [-0.39, 0.29) is 35.9 Å². The third-order valence-corrected chi connectivity index (χ3v) is 9.15. The third kappa shape index (κ3) is 12.2. The quantitative estimate of drug-likeness (QED) is 0.0612. The van der Waals surface area contributed by atoms with Gasteiger partial charge in [-0.3, -0.25) is 9.59 Å². The standard InChI is InChI=1S/C32H42F13NO3S/c1-2-3-4-5-6-7-8-9-10-14-19-46(20-17-25(47)48,22-24-15-12-11-13-16-24)23-26(49)50-21-18-27(33,34)28(35,36)29(37,38)30(39,40)31(41,42)32(43,44)45/h11-13,15-16H,2-10,14,17-23H2,1H3/p+1. The van der Waals surface area contributed by atoms with Crippen molar-refractivity contribution in [1.82, 2.24) is 0 Å². The molecule has 1 aromatic carbocycles. The van der Waals surface area contributed by atoms with Gasteiger partial charge in [-0.05, 0) is 12.8 Å². The van der Waals surface area contributed by atoms with Gasteiger partial charge in [-0.15, -0.1) is 0 Å². The smallest absolute Gasteiger partial charge is 0.460 e. The fourth-order valence-corrected chi connectivity index (χ4v) is 6.24. The Labute approximate surface area is 286 Å². The van der Waals surface area contributed by atoms with Crippen molar-refractivity contribution in [3.05, 3.63) is 35.9 Å². The molecule has 0 saturated carbocycles. The Balaban J connectivity index is 3.08. The van der Waals surface area contributed by atoms with Crippen LogP contribution in [0.15, 0.2) is 30.3 Å². The van der Waals surface area contributed by atoms with E-state index in [1.165, 1.54) is 0 Å². The fraction of sp³-hybridized carbons (Fsp3) is 0.750. The van der Waals surface area contributed by atoms with Gasteiger partial charge < -0.3 is 9.59 Å². The normalized spacial score (nSPS) is 14.8. The summed E-state index contributed by atoms with van der Waals surface area (Å²) in [6.45, 7) is 1.75. The monoisotopic (exact) mass is 768 g/mol. The second kappa shape index (κ2) is 19.0. The first kappa shape index (κ1) is 45.8. The number of unbranched alkanes of at least 4 members (excludes halogenated alkanes) is 9. The highest BCUT2D eigenvalue weighted by atomic mass is 32.2. The summed E-state index contributed by atoms with van der Waals surface area (Å²) in [5, 5.41) is 8.38. The van der Waals surface area contributed by atoms with Gasteiger partial charge in [-0.2, -0.15) is 57.1 Å². The zero-order valence-electron chi connectivity index (χ0n) is 27.4. The number of carboxylic acids is 1. The molecule has 0 aliphatic rings. The molecule has 1 rings (SSSR count). The second-order valence-corrected chi connectivity index (χ2v) is 13.5. The highest BCUT2D eigenvalue weighted by molar-refractivity contribution is 8.13. The predicted octanol–water partition coefficient (Wildman–Crippen LogP) is 10.8. The van der Waals surface area contributed by atoms with E-state index < -0.39 is 72.0 Å². The summed E-state index contributed by atoms with van der Waals surface area (Å²) >= 11 is -0.0985. The van der Waals surface area contributed by atoms with Crippen LogP contribution in [0.5, 0.6) is 0 Å². The maximum atomic E-state index is 14.3. The topological polar surface area (TPSA) is 54.4 Å². The molecule has 1 atom stereocenters. The minimum absolute atomic E-state index is 0.0841. The van der Waals surface area contributed by atoms with Crippen LogP contribution < -0.4 is 0 Å². The van der Waals surface area contributed by atoms with Crippen LogP contribution in [-0.2, 0) is 16.1 Å². The van der Waals surface area contributed by atoms with Crippen molar-refractivity contribution in [1.29, 1.82) is 0 Å². The summed E-state index contributed by atoms with van der Waals surface area (Å²) in [5.41, 5.74) is 0.660. The summed E-state index contributed by atoms with van der Waals surface area (Å²) in [6, 6.07) is 8.41. The first-order valence-electron chi connectivity index (χ1n) is 16.1. The van der Waals surface area contributed by atoms with Gasteiger partial charge in [0.2, 0.25) is 5.12 Å². The Kier molecular flexibility index (Phi) is 17.4. The molecule has 0 aliphatic carbocycles. The average molecular weight is 769 g/mol. The molecule has 0 fully saturated rings. The lowest BCUT2D eigenvalue weighted by atomic mass is 9.93. The Hall–Kier alpha value is -2.24. The maximum Gasteiger partial charge on any atom is 0.460 e. The number of thioether (sulfide) groups is 1. The molecule has 0 heterocycles. The average Bonchev–Trinajstić information content (AvgIpc) is 3.00. The van der Waals surface area contributed by atoms with Gasteiger partial charge in [-0.1, -0.05) is 100 Å². The van der Waals surface area contributed by atoms with Crippen LogP contribution in [0, 0.1) is 0 Å². The van der Waals surface area contributed by atoms with Crippen LogP contribution in [0.4, 0.5) is 57.1 Å². The van der Waals surface area contributed by atoms with Crippen molar-refractivity contribution in [2.45, 2.75) is 126 Å². The minimum atomic E-state index is -7.98. The molecule has 0 saturated heterocycles. The van der Waals surface area contributed by atoms with Crippen molar-refractivity contribution < 1.29 is 76.3 Å². The van der Waals surface area contributed by atoms with E-state index in [1.807, 2.05) is 0 Å². The van der Waals surface area contributed by atoms with Crippen molar-refractivity contribution >= 4 is 22.8 Å². The molecular weight excluding hydrogens is 725 g/mol. The second-order valence-electron chi connectivity index (χ2n) is 12.4. The Bertz CT molecular complexity index is 1180. The molecule has 0 amide bonds. The van der Waals surface area contributed by atoms with Crippen LogP contribution in [0.2, 0.25) is 0 Å². The molecule has 50 heavy (non-hydrogen) atoms. The van der Waals surface area contributed by atoms with Crippen LogP contribution in [0.25, 0.3) is 0 Å². The molecule has 4 nitrogen and oxygen atoms in total. The number of quaternary nitrogens is 1. The minimum Gasteiger partial charge on any atom is -0.481 e. The Morgan fingerprint density at radius 2 is 1.14 bits per heavy atom. The number of nitrogens with zero attached hydrogens (tertiary/aromatic N) is 1. The van der Waals surface area contributed by atoms with Gasteiger partial charge in [0.25, 0.3) is 0 Å². The van der Waals surface area contributed by atoms with Crippen LogP contribution in [0.3, 0.4) is 0 Å². The molecule has 0 aliphatic heterocycles. The Morgan fingerprint density at radius 1 is 0.660 bits per heavy atom. The largest absolute Gasteiger partial charge is 0.481 e. The summed E-state index contributed by atoms with van der Waals surface area (Å²) in [7, 11) is 0. The summed E-state index contributed by atoms with van der Waals surface area (Å²) in [5.74, 6) is -40.0. The van der Waals surface area contributed by atoms with E-state index in [0.717, 1.165) is 51.4 Å². The van der Waals surface area contributed by atoms with Gasteiger partial charge in [0.1, 0.15) is 13.1 Å². The zero-order chi connectivity index (χ0) is 38.5. The van der Waals surface area contributed by atoms with E-state index in [9.17, 15) is 71.8 Å². The van der Waals surface area contributed by atoms with E-state index in [0.29, 0.717) is 18.4 Å². The number of carbonyl (C=O) groups excluding carboxylic acids is 1. The molecule has 1 N–H and O–H groups in total. The van der Waals surface area contributed by atoms with E-state index in [4.69, 9.17) is 0 Å². The van der Waals surface area contributed by atoms with Crippen molar-refractivity contribution in [3.63, 3.8) is 0 Å². The van der Waals surface area contributed by atoms with E-state index in [2.05, 4.69) is 6.92 Å². The number of hydrogen-bond acceptors (Lipinski definition) is 3. The SMILES string of the molecule is CCCCCCCCCCCC[N+](CCC(=O)O)(CC(=O)SCCC(F)(F)C(F)(F)C(F)(F)C(F)(F)C(F)(F)C(F)(F)F)Cc1ccccc1. The first-order valence-corrected chi connectivity index (χ1v) is 17.1. The predicted molar refractivity (Wildman–Crippen MR) is 162 cm³/mol. The maximum absolute atomic E-state index is 14.3. The lowest BCUT2D eigenvalue weighted by molar-refractivity contribution is -0.933. The Morgan fingerprint density at radius 3 is 1.62 bits per heavy atom. The number of carboxylic acid groups (broad SMARTS) is 1. The molecule has 0 bridgehead atoms. The molecule has 290 valence electrons. The number of alkyl halides is 13. The number of carbonyl (C=O) groups is 2. The van der Waals surface area contributed by atoms with Crippen molar-refractivity contribution in [2.75, 3.05) is 25.4 Å². The summed E-state index contributed by atoms with van der Waals surface area (Å²) in [4.78, 5) is 24.5. The first-order chi connectivity index (χ1) is 22.9.